The third-order valence-corrected chi connectivity index (χ3v) is 4.12. The number of carboxylic acid groups (broad SMARTS) is 1. The van der Waals surface area contributed by atoms with Gasteiger partial charge in [-0.05, 0) is 36.1 Å². The van der Waals surface area contributed by atoms with Crippen molar-refractivity contribution in [1.82, 2.24) is 4.98 Å². The number of anilines is 1. The molecule has 116 valence electrons. The predicted octanol–water partition coefficient (Wildman–Crippen LogP) is 4.13. The third-order valence-electron chi connectivity index (χ3n) is 4.12. The van der Waals surface area contributed by atoms with Crippen molar-refractivity contribution < 1.29 is 9.90 Å². The number of aliphatic carboxylic acids is 1. The molecule has 0 saturated heterocycles. The summed E-state index contributed by atoms with van der Waals surface area (Å²) < 4.78 is 0. The number of aromatic nitrogens is 1. The minimum absolute atomic E-state index is 0.555. The van der Waals surface area contributed by atoms with Crippen LogP contribution in [0.4, 0.5) is 5.69 Å². The number of pyridine rings is 1. The first-order valence-corrected chi connectivity index (χ1v) is 7.50. The summed E-state index contributed by atoms with van der Waals surface area (Å²) in [6, 6.07) is 15.7. The summed E-state index contributed by atoms with van der Waals surface area (Å²) in [5.41, 5.74) is 3.72. The van der Waals surface area contributed by atoms with E-state index in [2.05, 4.69) is 10.3 Å². The van der Waals surface area contributed by atoms with Gasteiger partial charge < -0.3 is 10.4 Å². The van der Waals surface area contributed by atoms with Gasteiger partial charge >= 0.3 is 5.97 Å². The fraction of sp³-hybridized carbons (Fsp3) is 0.158. The first-order chi connectivity index (χ1) is 11.1. The van der Waals surface area contributed by atoms with Crippen LogP contribution < -0.4 is 5.32 Å². The number of carbonyl (C=O) groups is 1. The highest BCUT2D eigenvalue weighted by Crippen LogP contribution is 2.32. The molecule has 1 aromatic heterocycles. The highest BCUT2D eigenvalue weighted by Gasteiger charge is 2.17. The van der Waals surface area contributed by atoms with Crippen molar-refractivity contribution in [3.05, 3.63) is 60.3 Å². The van der Waals surface area contributed by atoms with Gasteiger partial charge in [0.2, 0.25) is 0 Å². The predicted molar refractivity (Wildman–Crippen MR) is 92.8 cm³/mol. The minimum Gasteiger partial charge on any atom is -0.481 e. The second kappa shape index (κ2) is 6.08. The van der Waals surface area contributed by atoms with Crippen LogP contribution in [0.25, 0.3) is 22.0 Å². The van der Waals surface area contributed by atoms with Crippen molar-refractivity contribution in [2.75, 3.05) is 12.4 Å². The summed E-state index contributed by atoms with van der Waals surface area (Å²) >= 11 is 0. The molecule has 3 rings (SSSR count). The number of benzene rings is 2. The van der Waals surface area contributed by atoms with Crippen molar-refractivity contribution in [2.24, 2.45) is 0 Å². The van der Waals surface area contributed by atoms with Crippen LogP contribution in [-0.2, 0) is 4.79 Å². The van der Waals surface area contributed by atoms with E-state index in [1.165, 1.54) is 0 Å². The molecule has 0 aliphatic rings. The molecule has 0 bridgehead atoms. The van der Waals surface area contributed by atoms with Gasteiger partial charge in [0.1, 0.15) is 0 Å². The number of fused-ring (bicyclic) bond motifs is 1. The maximum Gasteiger partial charge on any atom is 0.310 e. The molecule has 0 amide bonds. The average molecular weight is 306 g/mol. The molecule has 23 heavy (non-hydrogen) atoms. The van der Waals surface area contributed by atoms with E-state index in [0.717, 1.165) is 33.3 Å². The minimum atomic E-state index is -0.825. The van der Waals surface area contributed by atoms with Crippen LogP contribution in [0, 0.1) is 0 Å². The van der Waals surface area contributed by atoms with Crippen molar-refractivity contribution >= 4 is 22.4 Å². The summed E-state index contributed by atoms with van der Waals surface area (Å²) in [6.07, 6.45) is 1.74. The molecule has 2 N–H and O–H groups in total. The lowest BCUT2D eigenvalue weighted by molar-refractivity contribution is -0.138. The quantitative estimate of drug-likeness (QED) is 0.760. The van der Waals surface area contributed by atoms with Gasteiger partial charge in [-0.2, -0.15) is 0 Å². The molecular weight excluding hydrogens is 288 g/mol. The average Bonchev–Trinajstić information content (AvgIpc) is 2.60. The van der Waals surface area contributed by atoms with Gasteiger partial charge in [0, 0.05) is 29.9 Å². The van der Waals surface area contributed by atoms with Crippen molar-refractivity contribution in [1.29, 1.82) is 0 Å². The smallest absolute Gasteiger partial charge is 0.310 e. The monoisotopic (exact) mass is 306 g/mol. The van der Waals surface area contributed by atoms with Crippen LogP contribution in [0.2, 0.25) is 0 Å². The van der Waals surface area contributed by atoms with Gasteiger partial charge in [0.05, 0.1) is 11.6 Å². The second-order valence-corrected chi connectivity index (χ2v) is 5.49. The Morgan fingerprint density at radius 1 is 1.09 bits per heavy atom. The van der Waals surface area contributed by atoms with Gasteiger partial charge in [-0.3, -0.25) is 9.78 Å². The fourth-order valence-electron chi connectivity index (χ4n) is 2.77. The zero-order valence-corrected chi connectivity index (χ0v) is 13.1. The Morgan fingerprint density at radius 3 is 2.48 bits per heavy atom. The Hall–Kier alpha value is -2.88. The van der Waals surface area contributed by atoms with E-state index in [1.54, 1.807) is 13.1 Å². The van der Waals surface area contributed by atoms with Crippen molar-refractivity contribution in [3.63, 3.8) is 0 Å². The summed E-state index contributed by atoms with van der Waals surface area (Å²) in [6.45, 7) is 1.71. The summed E-state index contributed by atoms with van der Waals surface area (Å²) in [5.74, 6) is -1.38. The molecule has 1 heterocycles. The largest absolute Gasteiger partial charge is 0.481 e. The highest BCUT2D eigenvalue weighted by atomic mass is 16.4. The van der Waals surface area contributed by atoms with E-state index < -0.39 is 11.9 Å². The lowest BCUT2D eigenvalue weighted by Crippen LogP contribution is -2.08. The number of hydrogen-bond acceptors (Lipinski definition) is 3. The molecule has 0 aliphatic carbocycles. The topological polar surface area (TPSA) is 62.2 Å². The lowest BCUT2D eigenvalue weighted by atomic mass is 9.93. The molecule has 4 heteroatoms. The Bertz CT molecular complexity index is 857. The standard InChI is InChI=1S/C19H18N2O2/c1-12(19(22)23)15-4-3-5-17-16(15)10-11-21-18(17)13-6-8-14(20-2)9-7-13/h3-12,20H,1-2H3,(H,22,23). The zero-order valence-electron chi connectivity index (χ0n) is 13.1. The van der Waals surface area contributed by atoms with E-state index in [9.17, 15) is 9.90 Å². The van der Waals surface area contributed by atoms with E-state index in [4.69, 9.17) is 0 Å². The fourth-order valence-corrected chi connectivity index (χ4v) is 2.77. The maximum atomic E-state index is 11.3. The third kappa shape index (κ3) is 2.75. The Balaban J connectivity index is 2.19. The molecule has 0 saturated carbocycles. The Labute approximate surface area is 134 Å². The van der Waals surface area contributed by atoms with Crippen LogP contribution in [-0.4, -0.2) is 23.1 Å². The number of nitrogens with zero attached hydrogens (tertiary/aromatic N) is 1. The molecular formula is C19H18N2O2. The first-order valence-electron chi connectivity index (χ1n) is 7.50. The van der Waals surface area contributed by atoms with Crippen molar-refractivity contribution in [2.45, 2.75) is 12.8 Å². The lowest BCUT2D eigenvalue weighted by Gasteiger charge is -2.13. The van der Waals surface area contributed by atoms with Crippen LogP contribution in [0.15, 0.2) is 54.7 Å². The molecule has 4 nitrogen and oxygen atoms in total. The summed E-state index contributed by atoms with van der Waals surface area (Å²) in [4.78, 5) is 15.9. The molecule has 1 atom stereocenters. The molecule has 2 aromatic carbocycles. The first kappa shape index (κ1) is 15.0. The van der Waals surface area contributed by atoms with Gasteiger partial charge in [-0.25, -0.2) is 0 Å². The molecule has 0 fully saturated rings. The van der Waals surface area contributed by atoms with Gasteiger partial charge in [-0.1, -0.05) is 30.3 Å². The van der Waals surface area contributed by atoms with Gasteiger partial charge in [-0.15, -0.1) is 0 Å². The van der Waals surface area contributed by atoms with E-state index in [-0.39, 0.29) is 0 Å². The van der Waals surface area contributed by atoms with Crippen LogP contribution >= 0.6 is 0 Å². The highest BCUT2D eigenvalue weighted by molar-refractivity contribution is 5.98. The van der Waals surface area contributed by atoms with E-state index >= 15 is 0 Å². The molecule has 0 radical (unpaired) electrons. The van der Waals surface area contributed by atoms with Crippen LogP contribution in [0.3, 0.4) is 0 Å². The van der Waals surface area contributed by atoms with Gasteiger partial charge in [0.25, 0.3) is 0 Å². The number of carboxylic acids is 1. The Kier molecular flexibility index (Phi) is 3.98. The summed E-state index contributed by atoms with van der Waals surface area (Å²) in [5, 5.41) is 14.3. The number of rotatable bonds is 4. The summed E-state index contributed by atoms with van der Waals surface area (Å²) in [7, 11) is 1.88. The van der Waals surface area contributed by atoms with Gasteiger partial charge in [0.15, 0.2) is 0 Å². The number of hydrogen-bond donors (Lipinski definition) is 2. The second-order valence-electron chi connectivity index (χ2n) is 5.49. The maximum absolute atomic E-state index is 11.3. The van der Waals surface area contributed by atoms with E-state index in [0.29, 0.717) is 0 Å². The molecule has 0 spiro atoms. The molecule has 3 aromatic rings. The molecule has 1 unspecified atom stereocenters. The van der Waals surface area contributed by atoms with Crippen molar-refractivity contribution in [3.8, 4) is 11.3 Å². The normalized spacial score (nSPS) is 12.1. The van der Waals surface area contributed by atoms with Crippen LogP contribution in [0.1, 0.15) is 18.4 Å². The Morgan fingerprint density at radius 2 is 1.83 bits per heavy atom. The molecule has 0 aliphatic heterocycles. The number of nitrogens with one attached hydrogen (secondary N) is 1. The van der Waals surface area contributed by atoms with Crippen LogP contribution in [0.5, 0.6) is 0 Å². The zero-order chi connectivity index (χ0) is 16.4. The SMILES string of the molecule is CNc1ccc(-c2nccc3c(C(C)C(=O)O)cccc23)cc1. The van der Waals surface area contributed by atoms with E-state index in [1.807, 2.05) is 55.6 Å².